The van der Waals surface area contributed by atoms with Crippen molar-refractivity contribution >= 4 is 23.3 Å². The molecule has 0 saturated carbocycles. The molecule has 0 spiro atoms. The topological polar surface area (TPSA) is 126 Å². The van der Waals surface area contributed by atoms with Gasteiger partial charge in [-0.2, -0.15) is 5.10 Å². The number of anilines is 1. The van der Waals surface area contributed by atoms with Crippen molar-refractivity contribution in [2.75, 3.05) is 18.5 Å². The van der Waals surface area contributed by atoms with Crippen molar-refractivity contribution in [3.05, 3.63) is 76.6 Å². The molecule has 10 nitrogen and oxygen atoms in total. The molecule has 1 aromatic heterocycles. The molecule has 2 aromatic carbocycles. The van der Waals surface area contributed by atoms with E-state index >= 15 is 0 Å². The smallest absolute Gasteiger partial charge is 0.358 e. The number of nitro groups is 1. The van der Waals surface area contributed by atoms with Crippen LogP contribution in [0, 0.1) is 10.1 Å². The van der Waals surface area contributed by atoms with Crippen LogP contribution in [0.2, 0.25) is 0 Å². The first-order chi connectivity index (χ1) is 14.5. The highest BCUT2D eigenvalue weighted by Gasteiger charge is 2.12. The number of carbonyl (C=O) groups is 2. The van der Waals surface area contributed by atoms with Crippen LogP contribution in [0.3, 0.4) is 0 Å². The van der Waals surface area contributed by atoms with Crippen LogP contribution >= 0.6 is 0 Å². The third-order valence-corrected chi connectivity index (χ3v) is 3.89. The molecule has 0 bridgehead atoms. The van der Waals surface area contributed by atoms with E-state index in [4.69, 9.17) is 9.47 Å². The van der Waals surface area contributed by atoms with Crippen LogP contribution in [0.25, 0.3) is 5.69 Å². The van der Waals surface area contributed by atoms with Crippen LogP contribution in [0.5, 0.6) is 5.75 Å². The van der Waals surface area contributed by atoms with Crippen LogP contribution < -0.4 is 10.1 Å². The molecule has 0 saturated heterocycles. The second-order valence-corrected chi connectivity index (χ2v) is 6.00. The van der Waals surface area contributed by atoms with Gasteiger partial charge in [-0.05, 0) is 43.3 Å². The number of nitrogens with one attached hydrogen (secondary N) is 1. The molecule has 0 aliphatic heterocycles. The number of rotatable bonds is 8. The average molecular weight is 410 g/mol. The summed E-state index contributed by atoms with van der Waals surface area (Å²) in [5.74, 6) is -0.574. The van der Waals surface area contributed by atoms with Crippen LogP contribution in [-0.4, -0.2) is 39.8 Å². The first-order valence-corrected chi connectivity index (χ1v) is 8.96. The van der Waals surface area contributed by atoms with Crippen molar-refractivity contribution in [2.24, 2.45) is 0 Å². The minimum absolute atomic E-state index is 0.0617. The van der Waals surface area contributed by atoms with E-state index in [0.29, 0.717) is 17.1 Å². The normalized spacial score (nSPS) is 10.3. The number of amides is 1. The van der Waals surface area contributed by atoms with Gasteiger partial charge < -0.3 is 14.8 Å². The average Bonchev–Trinajstić information content (AvgIpc) is 3.23. The zero-order chi connectivity index (χ0) is 21.5. The van der Waals surface area contributed by atoms with E-state index in [-0.39, 0.29) is 24.6 Å². The Labute approximate surface area is 171 Å². The van der Waals surface area contributed by atoms with Crippen LogP contribution in [0.15, 0.2) is 60.8 Å². The fraction of sp³-hybridized carbons (Fsp3) is 0.150. The third-order valence-electron chi connectivity index (χ3n) is 3.89. The summed E-state index contributed by atoms with van der Waals surface area (Å²) < 4.78 is 11.8. The lowest BCUT2D eigenvalue weighted by molar-refractivity contribution is -0.384. The van der Waals surface area contributed by atoms with E-state index in [1.807, 2.05) is 0 Å². The SMILES string of the molecule is CCOC(=O)c1ccn(-c2cccc(NC(=O)COc3ccc([N+](=O)[O-])cc3)c2)n1. The first kappa shape index (κ1) is 20.5. The summed E-state index contributed by atoms with van der Waals surface area (Å²) in [5.41, 5.74) is 1.27. The molecule has 1 amide bonds. The Hall–Kier alpha value is -4.21. The van der Waals surface area contributed by atoms with Crippen molar-refractivity contribution in [3.8, 4) is 11.4 Å². The van der Waals surface area contributed by atoms with Crippen molar-refractivity contribution in [3.63, 3.8) is 0 Å². The second kappa shape index (κ2) is 9.32. The van der Waals surface area contributed by atoms with Gasteiger partial charge in [-0.1, -0.05) is 6.07 Å². The third kappa shape index (κ3) is 5.19. The molecule has 154 valence electrons. The van der Waals surface area contributed by atoms with Crippen LogP contribution in [-0.2, 0) is 9.53 Å². The zero-order valence-corrected chi connectivity index (χ0v) is 16.0. The molecule has 1 N–H and O–H groups in total. The molecule has 3 aromatic rings. The molecule has 0 fully saturated rings. The largest absolute Gasteiger partial charge is 0.484 e. The Balaban J connectivity index is 1.60. The summed E-state index contributed by atoms with van der Waals surface area (Å²) in [6.07, 6.45) is 1.62. The molecule has 1 heterocycles. The fourth-order valence-electron chi connectivity index (χ4n) is 2.52. The molecule has 3 rings (SSSR count). The first-order valence-electron chi connectivity index (χ1n) is 8.96. The predicted octanol–water partition coefficient (Wildman–Crippen LogP) is 2.97. The number of ether oxygens (including phenoxy) is 2. The maximum absolute atomic E-state index is 12.1. The van der Waals surface area contributed by atoms with Crippen molar-refractivity contribution in [1.29, 1.82) is 0 Å². The molecule has 10 heteroatoms. The molecule has 0 unspecified atom stereocenters. The number of non-ortho nitro benzene ring substituents is 1. The maximum atomic E-state index is 12.1. The lowest BCUT2D eigenvalue weighted by atomic mass is 10.2. The van der Waals surface area contributed by atoms with Gasteiger partial charge in [0.15, 0.2) is 12.3 Å². The summed E-state index contributed by atoms with van der Waals surface area (Å²) in [7, 11) is 0. The number of nitrogens with zero attached hydrogens (tertiary/aromatic N) is 3. The van der Waals surface area contributed by atoms with Crippen LogP contribution in [0.4, 0.5) is 11.4 Å². The van der Waals surface area contributed by atoms with Gasteiger partial charge in [0.25, 0.3) is 11.6 Å². The molecule has 30 heavy (non-hydrogen) atoms. The van der Waals surface area contributed by atoms with E-state index in [1.54, 1.807) is 43.5 Å². The molecule has 0 atom stereocenters. The summed E-state index contributed by atoms with van der Waals surface area (Å²) in [6.45, 7) is 1.71. The lowest BCUT2D eigenvalue weighted by Gasteiger charge is -2.09. The lowest BCUT2D eigenvalue weighted by Crippen LogP contribution is -2.20. The Bertz CT molecular complexity index is 1060. The van der Waals surface area contributed by atoms with Gasteiger partial charge in [-0.25, -0.2) is 9.48 Å². The highest BCUT2D eigenvalue weighted by atomic mass is 16.6. The number of esters is 1. The molecule has 0 radical (unpaired) electrons. The van der Waals surface area contributed by atoms with Gasteiger partial charge in [0, 0.05) is 24.0 Å². The van der Waals surface area contributed by atoms with Gasteiger partial charge in [-0.15, -0.1) is 0 Å². The van der Waals surface area contributed by atoms with E-state index in [1.165, 1.54) is 28.9 Å². The highest BCUT2D eigenvalue weighted by Crippen LogP contribution is 2.18. The maximum Gasteiger partial charge on any atom is 0.358 e. The van der Waals surface area contributed by atoms with E-state index in [0.717, 1.165) is 0 Å². The Morgan fingerprint density at radius 1 is 1.17 bits per heavy atom. The van der Waals surface area contributed by atoms with Crippen molar-refractivity contribution in [1.82, 2.24) is 9.78 Å². The Morgan fingerprint density at radius 2 is 1.93 bits per heavy atom. The van der Waals surface area contributed by atoms with E-state index in [9.17, 15) is 19.7 Å². The number of hydrogen-bond donors (Lipinski definition) is 1. The van der Waals surface area contributed by atoms with E-state index < -0.39 is 16.8 Å². The molecular weight excluding hydrogens is 392 g/mol. The standard InChI is InChI=1S/C20H18N4O6/c1-2-29-20(26)18-10-11-23(22-18)16-5-3-4-14(12-16)21-19(25)13-30-17-8-6-15(7-9-17)24(27)28/h3-12H,2,13H2,1H3,(H,21,25). The molecular formula is C20H18N4O6. The van der Waals surface area contributed by atoms with E-state index in [2.05, 4.69) is 10.4 Å². The molecule has 0 aliphatic rings. The van der Waals surface area contributed by atoms with Gasteiger partial charge in [-0.3, -0.25) is 14.9 Å². The highest BCUT2D eigenvalue weighted by molar-refractivity contribution is 5.92. The van der Waals surface area contributed by atoms with Crippen molar-refractivity contribution < 1.29 is 24.0 Å². The number of aromatic nitrogens is 2. The number of carbonyl (C=O) groups excluding carboxylic acids is 2. The predicted molar refractivity (Wildman–Crippen MR) is 107 cm³/mol. The number of nitro benzene ring substituents is 1. The Morgan fingerprint density at radius 3 is 2.63 bits per heavy atom. The minimum Gasteiger partial charge on any atom is -0.484 e. The summed E-state index contributed by atoms with van der Waals surface area (Å²) in [4.78, 5) is 34.0. The summed E-state index contributed by atoms with van der Waals surface area (Å²) in [6, 6.07) is 13.9. The molecule has 0 aliphatic carbocycles. The Kier molecular flexibility index (Phi) is 6.38. The fourth-order valence-corrected chi connectivity index (χ4v) is 2.52. The van der Waals surface area contributed by atoms with Crippen LogP contribution in [0.1, 0.15) is 17.4 Å². The van der Waals surface area contributed by atoms with Gasteiger partial charge in [0.05, 0.1) is 17.2 Å². The quantitative estimate of drug-likeness (QED) is 0.344. The van der Waals surface area contributed by atoms with Gasteiger partial charge in [0.1, 0.15) is 5.75 Å². The van der Waals surface area contributed by atoms with Crippen molar-refractivity contribution in [2.45, 2.75) is 6.92 Å². The number of benzene rings is 2. The second-order valence-electron chi connectivity index (χ2n) is 6.00. The summed E-state index contributed by atoms with van der Waals surface area (Å²) in [5, 5.41) is 17.5. The monoisotopic (exact) mass is 410 g/mol. The number of hydrogen-bond acceptors (Lipinski definition) is 7. The van der Waals surface area contributed by atoms with Gasteiger partial charge in [0.2, 0.25) is 0 Å². The zero-order valence-electron chi connectivity index (χ0n) is 16.0. The minimum atomic E-state index is -0.515. The summed E-state index contributed by atoms with van der Waals surface area (Å²) >= 11 is 0. The van der Waals surface area contributed by atoms with Gasteiger partial charge >= 0.3 is 5.97 Å².